The zero-order valence-corrected chi connectivity index (χ0v) is 16.2. The molecule has 0 bridgehead atoms. The molecule has 1 N–H and O–H groups in total. The average Bonchev–Trinajstić information content (AvgIpc) is 3.12. The van der Waals surface area contributed by atoms with Crippen molar-refractivity contribution in [2.75, 3.05) is 18.2 Å². The number of hydrogen-bond donors (Lipinski definition) is 1. The summed E-state index contributed by atoms with van der Waals surface area (Å²) in [6.07, 6.45) is 0. The van der Waals surface area contributed by atoms with Crippen molar-refractivity contribution in [2.24, 2.45) is 0 Å². The van der Waals surface area contributed by atoms with Gasteiger partial charge in [-0.1, -0.05) is 41.2 Å². The van der Waals surface area contributed by atoms with Crippen LogP contribution in [0.3, 0.4) is 0 Å². The molecule has 0 radical (unpaired) electrons. The van der Waals surface area contributed by atoms with E-state index in [4.69, 9.17) is 4.74 Å². The Labute approximate surface area is 160 Å². The van der Waals surface area contributed by atoms with Crippen molar-refractivity contribution in [1.29, 1.82) is 0 Å². The van der Waals surface area contributed by atoms with Crippen molar-refractivity contribution < 1.29 is 9.53 Å². The summed E-state index contributed by atoms with van der Waals surface area (Å²) in [7, 11) is 1.63. The van der Waals surface area contributed by atoms with Crippen LogP contribution in [0.1, 0.15) is 11.1 Å². The maximum Gasteiger partial charge on any atom is 0.236 e. The van der Waals surface area contributed by atoms with Gasteiger partial charge in [-0.05, 0) is 36.8 Å². The molecule has 2 aromatic carbocycles. The molecule has 134 valence electrons. The van der Waals surface area contributed by atoms with E-state index >= 15 is 0 Å². The van der Waals surface area contributed by atoms with Crippen LogP contribution in [0, 0.1) is 6.92 Å². The summed E-state index contributed by atoms with van der Waals surface area (Å²) in [5, 5.41) is 12.3. The number of nitrogens with one attached hydrogen (secondary N) is 1. The van der Waals surface area contributed by atoms with Gasteiger partial charge in [0, 0.05) is 11.3 Å². The van der Waals surface area contributed by atoms with E-state index < -0.39 is 0 Å². The Balaban J connectivity index is 1.50. The Morgan fingerprint density at radius 1 is 1.12 bits per heavy atom. The molecular formula is C19H19N3O2S2. The number of benzene rings is 2. The van der Waals surface area contributed by atoms with Gasteiger partial charge in [0.25, 0.3) is 0 Å². The van der Waals surface area contributed by atoms with Crippen LogP contribution in [0.5, 0.6) is 5.75 Å². The highest BCUT2D eigenvalue weighted by Gasteiger charge is 2.10. The standard InChI is InChI=1S/C19H19N3O2S2/c1-13-3-5-14(6-4-13)11-25-12-17(23)20-19-22-21-18(26-19)15-7-9-16(24-2)10-8-15/h3-10H,11-12H2,1-2H3,(H,20,22,23). The Bertz CT molecular complexity index is 861. The summed E-state index contributed by atoms with van der Waals surface area (Å²) in [6, 6.07) is 15.9. The van der Waals surface area contributed by atoms with Gasteiger partial charge in [0.05, 0.1) is 12.9 Å². The third kappa shape index (κ3) is 5.06. The molecule has 7 heteroatoms. The number of aryl methyl sites for hydroxylation is 1. The predicted octanol–water partition coefficient (Wildman–Crippen LogP) is 4.39. The van der Waals surface area contributed by atoms with Crippen LogP contribution in [-0.2, 0) is 10.5 Å². The Morgan fingerprint density at radius 3 is 2.54 bits per heavy atom. The largest absolute Gasteiger partial charge is 0.497 e. The minimum atomic E-state index is -0.0699. The molecule has 26 heavy (non-hydrogen) atoms. The molecule has 0 aliphatic carbocycles. The highest BCUT2D eigenvalue weighted by molar-refractivity contribution is 7.99. The number of amides is 1. The van der Waals surface area contributed by atoms with Gasteiger partial charge in [0.15, 0.2) is 0 Å². The molecule has 0 saturated heterocycles. The fraction of sp³-hybridized carbons (Fsp3) is 0.211. The molecule has 3 rings (SSSR count). The SMILES string of the molecule is COc1ccc(-c2nnc(NC(=O)CSCc3ccc(C)cc3)s2)cc1. The van der Waals surface area contributed by atoms with E-state index in [0.29, 0.717) is 10.9 Å². The minimum absolute atomic E-state index is 0.0699. The molecule has 0 aliphatic rings. The van der Waals surface area contributed by atoms with Crippen LogP contribution < -0.4 is 10.1 Å². The first-order valence-corrected chi connectivity index (χ1v) is 10.0. The summed E-state index contributed by atoms with van der Waals surface area (Å²) in [4.78, 5) is 12.1. The number of aromatic nitrogens is 2. The number of ether oxygens (including phenoxy) is 1. The third-order valence-electron chi connectivity index (χ3n) is 3.63. The third-order valence-corrected chi connectivity index (χ3v) is 5.52. The Hall–Kier alpha value is -2.38. The lowest BCUT2D eigenvalue weighted by atomic mass is 10.2. The number of nitrogens with zero attached hydrogens (tertiary/aromatic N) is 2. The zero-order chi connectivity index (χ0) is 18.4. The maximum absolute atomic E-state index is 12.1. The summed E-state index contributed by atoms with van der Waals surface area (Å²) in [6.45, 7) is 2.06. The fourth-order valence-electron chi connectivity index (χ4n) is 2.23. The Morgan fingerprint density at radius 2 is 1.85 bits per heavy atom. The smallest absolute Gasteiger partial charge is 0.236 e. The fourth-order valence-corrected chi connectivity index (χ4v) is 3.78. The summed E-state index contributed by atoms with van der Waals surface area (Å²) >= 11 is 2.93. The van der Waals surface area contributed by atoms with E-state index in [1.54, 1.807) is 18.9 Å². The van der Waals surface area contributed by atoms with E-state index in [1.807, 2.05) is 24.3 Å². The predicted molar refractivity (Wildman–Crippen MR) is 108 cm³/mol. The van der Waals surface area contributed by atoms with E-state index in [0.717, 1.165) is 22.1 Å². The molecule has 1 aromatic heterocycles. The molecule has 0 fully saturated rings. The first-order chi connectivity index (χ1) is 12.6. The van der Waals surface area contributed by atoms with Crippen LogP contribution in [0.15, 0.2) is 48.5 Å². The molecule has 0 unspecified atom stereocenters. The van der Waals surface area contributed by atoms with Crippen molar-refractivity contribution >= 4 is 34.1 Å². The van der Waals surface area contributed by atoms with Crippen molar-refractivity contribution in [3.05, 3.63) is 59.7 Å². The van der Waals surface area contributed by atoms with E-state index in [9.17, 15) is 4.79 Å². The van der Waals surface area contributed by atoms with Crippen LogP contribution >= 0.6 is 23.1 Å². The number of anilines is 1. The van der Waals surface area contributed by atoms with E-state index in [2.05, 4.69) is 46.7 Å². The van der Waals surface area contributed by atoms with Crippen LogP contribution in [-0.4, -0.2) is 29.0 Å². The van der Waals surface area contributed by atoms with Crippen LogP contribution in [0.2, 0.25) is 0 Å². The second-order valence-electron chi connectivity index (χ2n) is 5.67. The molecular weight excluding hydrogens is 366 g/mol. The van der Waals surface area contributed by atoms with Gasteiger partial charge < -0.3 is 4.74 Å². The van der Waals surface area contributed by atoms with Crippen molar-refractivity contribution in [1.82, 2.24) is 10.2 Å². The van der Waals surface area contributed by atoms with Gasteiger partial charge in [-0.15, -0.1) is 22.0 Å². The number of carbonyl (C=O) groups is 1. The molecule has 0 atom stereocenters. The average molecular weight is 386 g/mol. The van der Waals surface area contributed by atoms with Gasteiger partial charge >= 0.3 is 0 Å². The number of carbonyl (C=O) groups excluding carboxylic acids is 1. The molecule has 5 nitrogen and oxygen atoms in total. The Kier molecular flexibility index (Phi) is 6.25. The molecule has 1 amide bonds. The zero-order valence-electron chi connectivity index (χ0n) is 14.6. The lowest BCUT2D eigenvalue weighted by Gasteiger charge is -2.03. The summed E-state index contributed by atoms with van der Waals surface area (Å²) < 4.78 is 5.15. The first kappa shape index (κ1) is 18.4. The topological polar surface area (TPSA) is 64.1 Å². The second kappa shape index (κ2) is 8.82. The summed E-state index contributed by atoms with van der Waals surface area (Å²) in [5.74, 6) is 1.91. The van der Waals surface area contributed by atoms with E-state index in [1.165, 1.54) is 22.5 Å². The van der Waals surface area contributed by atoms with Crippen LogP contribution in [0.25, 0.3) is 10.6 Å². The van der Waals surface area contributed by atoms with Gasteiger partial charge in [0.1, 0.15) is 10.8 Å². The number of thioether (sulfide) groups is 1. The number of methoxy groups -OCH3 is 1. The maximum atomic E-state index is 12.1. The van der Waals surface area contributed by atoms with Crippen molar-refractivity contribution in [3.8, 4) is 16.3 Å². The normalized spacial score (nSPS) is 10.5. The molecule has 0 spiro atoms. The lowest BCUT2D eigenvalue weighted by Crippen LogP contribution is -2.13. The second-order valence-corrected chi connectivity index (χ2v) is 7.63. The first-order valence-electron chi connectivity index (χ1n) is 8.05. The molecule has 1 heterocycles. The lowest BCUT2D eigenvalue weighted by molar-refractivity contribution is -0.113. The van der Waals surface area contributed by atoms with Crippen molar-refractivity contribution in [2.45, 2.75) is 12.7 Å². The summed E-state index contributed by atoms with van der Waals surface area (Å²) in [5.41, 5.74) is 3.39. The van der Waals surface area contributed by atoms with Gasteiger partial charge in [0.2, 0.25) is 11.0 Å². The molecule has 0 saturated carbocycles. The van der Waals surface area contributed by atoms with Gasteiger partial charge in [-0.2, -0.15) is 0 Å². The van der Waals surface area contributed by atoms with Gasteiger partial charge in [-0.25, -0.2) is 0 Å². The quantitative estimate of drug-likeness (QED) is 0.653. The monoisotopic (exact) mass is 385 g/mol. The van der Waals surface area contributed by atoms with E-state index in [-0.39, 0.29) is 5.91 Å². The molecule has 0 aliphatic heterocycles. The number of hydrogen-bond acceptors (Lipinski definition) is 6. The van der Waals surface area contributed by atoms with Crippen molar-refractivity contribution in [3.63, 3.8) is 0 Å². The highest BCUT2D eigenvalue weighted by atomic mass is 32.2. The molecule has 3 aromatic rings. The van der Waals surface area contributed by atoms with Crippen LogP contribution in [0.4, 0.5) is 5.13 Å². The number of rotatable bonds is 7. The minimum Gasteiger partial charge on any atom is -0.497 e. The van der Waals surface area contributed by atoms with Gasteiger partial charge in [-0.3, -0.25) is 10.1 Å². The highest BCUT2D eigenvalue weighted by Crippen LogP contribution is 2.27.